The standard InChI is InChI=1S/C27H28N6O3/c1-3-32-25(27(35)31-14-16-36-17-15-31)22(18-28-32)29-26(34)23-19(2)33(21-12-8-5-9-13-21)30-24(23)20-10-6-4-7-11-20/h4-13,18H,3,14-17H2,1-2H3,(H,29,34). The highest BCUT2D eigenvalue weighted by Gasteiger charge is 2.28. The lowest BCUT2D eigenvalue weighted by atomic mass is 10.1. The van der Waals surface area contributed by atoms with Gasteiger partial charge in [-0.25, -0.2) is 4.68 Å². The molecule has 36 heavy (non-hydrogen) atoms. The lowest BCUT2D eigenvalue weighted by molar-refractivity contribution is 0.0295. The Morgan fingerprint density at radius 2 is 1.67 bits per heavy atom. The Balaban J connectivity index is 1.54. The highest BCUT2D eigenvalue weighted by atomic mass is 16.5. The molecule has 9 heteroatoms. The van der Waals surface area contributed by atoms with Crippen LogP contribution < -0.4 is 5.32 Å². The van der Waals surface area contributed by atoms with Crippen molar-refractivity contribution in [2.24, 2.45) is 0 Å². The first-order valence-electron chi connectivity index (χ1n) is 12.0. The van der Waals surface area contributed by atoms with Crippen molar-refractivity contribution in [1.82, 2.24) is 24.5 Å². The zero-order valence-electron chi connectivity index (χ0n) is 20.3. The van der Waals surface area contributed by atoms with Gasteiger partial charge < -0.3 is 15.0 Å². The Labute approximate surface area is 209 Å². The highest BCUT2D eigenvalue weighted by molar-refractivity contribution is 6.11. The van der Waals surface area contributed by atoms with Gasteiger partial charge in [-0.15, -0.1) is 0 Å². The maximum absolute atomic E-state index is 13.8. The van der Waals surface area contributed by atoms with E-state index < -0.39 is 0 Å². The summed E-state index contributed by atoms with van der Waals surface area (Å²) in [4.78, 5) is 28.9. The van der Waals surface area contributed by atoms with E-state index in [0.29, 0.717) is 61.2 Å². The van der Waals surface area contributed by atoms with Gasteiger partial charge in [-0.1, -0.05) is 48.5 Å². The number of morpholine rings is 1. The Bertz CT molecular complexity index is 1370. The van der Waals surface area contributed by atoms with Crippen LogP contribution in [0.25, 0.3) is 16.9 Å². The van der Waals surface area contributed by atoms with E-state index >= 15 is 0 Å². The summed E-state index contributed by atoms with van der Waals surface area (Å²) in [5.41, 5.74) is 4.13. The van der Waals surface area contributed by atoms with E-state index in [-0.39, 0.29) is 11.8 Å². The van der Waals surface area contributed by atoms with Gasteiger partial charge in [-0.2, -0.15) is 10.2 Å². The minimum atomic E-state index is -0.347. The molecule has 1 fully saturated rings. The first kappa shape index (κ1) is 23.5. The van der Waals surface area contributed by atoms with Crippen LogP contribution in [0, 0.1) is 6.92 Å². The number of rotatable bonds is 6. The molecule has 0 aliphatic carbocycles. The largest absolute Gasteiger partial charge is 0.378 e. The van der Waals surface area contributed by atoms with Crippen molar-refractivity contribution in [2.45, 2.75) is 20.4 Å². The molecule has 4 aromatic rings. The van der Waals surface area contributed by atoms with E-state index in [4.69, 9.17) is 9.84 Å². The third kappa shape index (κ3) is 4.40. The molecule has 1 N–H and O–H groups in total. The Morgan fingerprint density at radius 3 is 2.33 bits per heavy atom. The third-order valence-corrected chi connectivity index (χ3v) is 6.28. The highest BCUT2D eigenvalue weighted by Crippen LogP contribution is 2.29. The molecule has 1 aliphatic heterocycles. The number of amides is 2. The second kappa shape index (κ2) is 10.2. The van der Waals surface area contributed by atoms with Gasteiger partial charge in [0.15, 0.2) is 0 Å². The molecule has 0 unspecified atom stereocenters. The maximum Gasteiger partial charge on any atom is 0.274 e. The molecular formula is C27H28N6O3. The number of aromatic nitrogens is 4. The van der Waals surface area contributed by atoms with Crippen LogP contribution in [-0.4, -0.2) is 62.6 Å². The van der Waals surface area contributed by atoms with Crippen LogP contribution in [0.5, 0.6) is 0 Å². The molecule has 0 saturated carbocycles. The zero-order chi connectivity index (χ0) is 25.1. The molecule has 184 valence electrons. The summed E-state index contributed by atoms with van der Waals surface area (Å²) in [5.74, 6) is -0.520. The van der Waals surface area contributed by atoms with Gasteiger partial charge in [0.2, 0.25) is 0 Å². The van der Waals surface area contributed by atoms with Crippen LogP contribution >= 0.6 is 0 Å². The fourth-order valence-corrected chi connectivity index (χ4v) is 4.44. The van der Waals surface area contributed by atoms with Crippen molar-refractivity contribution in [1.29, 1.82) is 0 Å². The minimum Gasteiger partial charge on any atom is -0.378 e. The molecule has 1 saturated heterocycles. The normalized spacial score (nSPS) is 13.6. The lowest BCUT2D eigenvalue weighted by Crippen LogP contribution is -2.41. The fraction of sp³-hybridized carbons (Fsp3) is 0.259. The first-order chi connectivity index (χ1) is 17.6. The van der Waals surface area contributed by atoms with Gasteiger partial charge in [0.1, 0.15) is 11.4 Å². The molecule has 3 heterocycles. The van der Waals surface area contributed by atoms with Gasteiger partial charge in [-0.3, -0.25) is 14.3 Å². The SMILES string of the molecule is CCn1ncc(NC(=O)c2c(-c3ccccc3)nn(-c3ccccc3)c2C)c1C(=O)N1CCOCC1. The first-order valence-corrected chi connectivity index (χ1v) is 12.0. The summed E-state index contributed by atoms with van der Waals surface area (Å²) in [6.45, 7) is 6.27. The summed E-state index contributed by atoms with van der Waals surface area (Å²) in [6, 6.07) is 19.3. The van der Waals surface area contributed by atoms with Crippen molar-refractivity contribution >= 4 is 17.5 Å². The van der Waals surface area contributed by atoms with E-state index in [9.17, 15) is 9.59 Å². The summed E-state index contributed by atoms with van der Waals surface area (Å²) in [7, 11) is 0. The molecule has 2 amide bonds. The summed E-state index contributed by atoms with van der Waals surface area (Å²) >= 11 is 0. The zero-order valence-corrected chi connectivity index (χ0v) is 20.3. The number of ether oxygens (including phenoxy) is 1. The van der Waals surface area contributed by atoms with Crippen LogP contribution in [0.4, 0.5) is 5.69 Å². The topological polar surface area (TPSA) is 94.3 Å². The number of carbonyl (C=O) groups excluding carboxylic acids is 2. The van der Waals surface area contributed by atoms with Crippen LogP contribution in [-0.2, 0) is 11.3 Å². The average molecular weight is 485 g/mol. The summed E-state index contributed by atoms with van der Waals surface area (Å²) < 4.78 is 8.78. The number of carbonyl (C=O) groups is 2. The summed E-state index contributed by atoms with van der Waals surface area (Å²) in [6.07, 6.45) is 1.54. The Morgan fingerprint density at radius 1 is 1.00 bits per heavy atom. The Hall–Kier alpha value is -4.24. The van der Waals surface area contributed by atoms with Crippen molar-refractivity contribution in [2.75, 3.05) is 31.6 Å². The van der Waals surface area contributed by atoms with E-state index in [1.54, 1.807) is 14.3 Å². The van der Waals surface area contributed by atoms with Crippen LogP contribution in [0.1, 0.15) is 33.5 Å². The van der Waals surface area contributed by atoms with Gasteiger partial charge >= 0.3 is 0 Å². The average Bonchev–Trinajstić information content (AvgIpc) is 3.50. The van der Waals surface area contributed by atoms with Crippen LogP contribution in [0.15, 0.2) is 66.9 Å². The number of hydrogen-bond acceptors (Lipinski definition) is 5. The second-order valence-electron chi connectivity index (χ2n) is 8.50. The van der Waals surface area contributed by atoms with Crippen molar-refractivity contribution in [3.05, 3.63) is 83.8 Å². The molecule has 0 atom stereocenters. The number of nitrogens with one attached hydrogen (secondary N) is 1. The molecule has 0 bridgehead atoms. The maximum atomic E-state index is 13.8. The van der Waals surface area contributed by atoms with Gasteiger partial charge in [0.25, 0.3) is 11.8 Å². The number of nitrogens with zero attached hydrogens (tertiary/aromatic N) is 5. The quantitative estimate of drug-likeness (QED) is 0.449. The molecular weight excluding hydrogens is 456 g/mol. The summed E-state index contributed by atoms with van der Waals surface area (Å²) in [5, 5.41) is 12.1. The number of benzene rings is 2. The number of hydrogen-bond donors (Lipinski definition) is 1. The molecule has 0 radical (unpaired) electrons. The van der Waals surface area contributed by atoms with E-state index in [1.807, 2.05) is 74.5 Å². The van der Waals surface area contributed by atoms with E-state index in [1.165, 1.54) is 6.20 Å². The number of para-hydroxylation sites is 1. The van der Waals surface area contributed by atoms with E-state index in [0.717, 1.165) is 11.3 Å². The van der Waals surface area contributed by atoms with Crippen molar-refractivity contribution < 1.29 is 14.3 Å². The predicted molar refractivity (Wildman–Crippen MR) is 136 cm³/mol. The monoisotopic (exact) mass is 484 g/mol. The number of anilines is 1. The fourth-order valence-electron chi connectivity index (χ4n) is 4.44. The molecule has 5 rings (SSSR count). The predicted octanol–water partition coefficient (Wildman–Crippen LogP) is 3.79. The molecule has 1 aliphatic rings. The van der Waals surface area contributed by atoms with E-state index in [2.05, 4.69) is 10.4 Å². The molecule has 2 aromatic heterocycles. The molecule has 2 aromatic carbocycles. The second-order valence-corrected chi connectivity index (χ2v) is 8.50. The van der Waals surface area contributed by atoms with Crippen LogP contribution in [0.3, 0.4) is 0 Å². The Kier molecular flexibility index (Phi) is 6.64. The van der Waals surface area contributed by atoms with Gasteiger partial charge in [0, 0.05) is 25.2 Å². The van der Waals surface area contributed by atoms with Crippen molar-refractivity contribution in [3.8, 4) is 16.9 Å². The smallest absolute Gasteiger partial charge is 0.274 e. The minimum absolute atomic E-state index is 0.173. The number of aryl methyl sites for hydroxylation is 1. The third-order valence-electron chi connectivity index (χ3n) is 6.28. The van der Waals surface area contributed by atoms with Crippen LogP contribution in [0.2, 0.25) is 0 Å². The van der Waals surface area contributed by atoms with Gasteiger partial charge in [-0.05, 0) is 26.0 Å². The lowest BCUT2D eigenvalue weighted by Gasteiger charge is -2.27. The van der Waals surface area contributed by atoms with Gasteiger partial charge in [0.05, 0.1) is 42.0 Å². The molecule has 9 nitrogen and oxygen atoms in total. The molecule has 0 spiro atoms. The van der Waals surface area contributed by atoms with Crippen molar-refractivity contribution in [3.63, 3.8) is 0 Å².